The van der Waals surface area contributed by atoms with Crippen molar-refractivity contribution in [2.45, 2.75) is 45.3 Å². The second kappa shape index (κ2) is 7.13. The van der Waals surface area contributed by atoms with Gasteiger partial charge in [-0.3, -0.25) is 9.69 Å². The molecule has 24 heavy (non-hydrogen) atoms. The zero-order valence-electron chi connectivity index (χ0n) is 14.6. The summed E-state index contributed by atoms with van der Waals surface area (Å²) in [6.45, 7) is 3.41. The van der Waals surface area contributed by atoms with Gasteiger partial charge in [0.25, 0.3) is 0 Å². The molecule has 1 atom stereocenters. The van der Waals surface area contributed by atoms with Crippen molar-refractivity contribution in [3.8, 4) is 0 Å². The maximum Gasteiger partial charge on any atom is 0.242 e. The molecule has 6 heteroatoms. The average molecular weight is 327 g/mol. The molecule has 1 aromatic carbocycles. The van der Waals surface area contributed by atoms with E-state index >= 15 is 0 Å². The maximum absolute atomic E-state index is 12.7. The molecule has 0 bridgehead atoms. The summed E-state index contributed by atoms with van der Waals surface area (Å²) in [5.41, 5.74) is 2.18. The number of benzene rings is 1. The molecule has 1 amide bonds. The number of aryl methyl sites for hydroxylation is 2. The van der Waals surface area contributed by atoms with Crippen molar-refractivity contribution in [2.24, 2.45) is 0 Å². The fourth-order valence-electron chi connectivity index (χ4n) is 3.19. The minimum absolute atomic E-state index is 0.0167. The predicted octanol–water partition coefficient (Wildman–Crippen LogP) is 1.84. The first-order valence-electron chi connectivity index (χ1n) is 8.48. The Morgan fingerprint density at radius 2 is 2.00 bits per heavy atom. The molecule has 0 radical (unpaired) electrons. The molecule has 6 nitrogen and oxygen atoms in total. The summed E-state index contributed by atoms with van der Waals surface area (Å²) >= 11 is 0. The van der Waals surface area contributed by atoms with Crippen molar-refractivity contribution in [1.82, 2.24) is 25.0 Å². The smallest absolute Gasteiger partial charge is 0.242 e. The third kappa shape index (κ3) is 3.48. The van der Waals surface area contributed by atoms with E-state index < -0.39 is 0 Å². The van der Waals surface area contributed by atoms with Gasteiger partial charge in [0, 0.05) is 13.0 Å². The molecule has 0 unspecified atom stereocenters. The second-order valence-corrected chi connectivity index (χ2v) is 6.64. The normalized spacial score (nSPS) is 15.2. The van der Waals surface area contributed by atoms with E-state index in [2.05, 4.69) is 20.1 Å². The van der Waals surface area contributed by atoms with Crippen molar-refractivity contribution in [3.05, 3.63) is 47.0 Å². The number of rotatable bonds is 5. The lowest BCUT2D eigenvalue weighted by atomic mass is 10.0. The van der Waals surface area contributed by atoms with Gasteiger partial charge in [0.2, 0.25) is 5.91 Å². The van der Waals surface area contributed by atoms with Gasteiger partial charge >= 0.3 is 0 Å². The third-order valence-corrected chi connectivity index (χ3v) is 4.51. The SMILES string of the molecule is Cc1ccc([C@H](C(=O)NCc2nnc3n2CCCC3)N(C)C)cc1. The lowest BCUT2D eigenvalue weighted by Gasteiger charge is -2.24. The quantitative estimate of drug-likeness (QED) is 0.910. The van der Waals surface area contributed by atoms with Crippen LogP contribution in [0.15, 0.2) is 24.3 Å². The molecule has 0 fully saturated rings. The Labute approximate surface area is 142 Å². The van der Waals surface area contributed by atoms with Gasteiger partial charge in [-0.1, -0.05) is 29.8 Å². The van der Waals surface area contributed by atoms with Gasteiger partial charge in [-0.05, 0) is 39.4 Å². The number of nitrogens with zero attached hydrogens (tertiary/aromatic N) is 4. The van der Waals surface area contributed by atoms with Gasteiger partial charge in [0.05, 0.1) is 6.54 Å². The number of nitrogens with one attached hydrogen (secondary N) is 1. The third-order valence-electron chi connectivity index (χ3n) is 4.51. The Kier molecular flexibility index (Phi) is 4.94. The summed E-state index contributed by atoms with van der Waals surface area (Å²) in [5, 5.41) is 11.5. The Morgan fingerprint density at radius 1 is 1.25 bits per heavy atom. The summed E-state index contributed by atoms with van der Waals surface area (Å²) in [5.74, 6) is 1.87. The van der Waals surface area contributed by atoms with Crippen molar-refractivity contribution < 1.29 is 4.79 Å². The minimum atomic E-state index is -0.311. The Morgan fingerprint density at radius 3 is 2.71 bits per heavy atom. The average Bonchev–Trinajstić information content (AvgIpc) is 2.98. The van der Waals surface area contributed by atoms with Crippen LogP contribution in [0.4, 0.5) is 0 Å². The van der Waals surface area contributed by atoms with E-state index in [1.54, 1.807) is 0 Å². The highest BCUT2D eigenvalue weighted by molar-refractivity contribution is 5.83. The van der Waals surface area contributed by atoms with Gasteiger partial charge in [0.15, 0.2) is 5.82 Å². The topological polar surface area (TPSA) is 63.1 Å². The fourth-order valence-corrected chi connectivity index (χ4v) is 3.19. The van der Waals surface area contributed by atoms with E-state index in [0.29, 0.717) is 6.54 Å². The molecule has 0 spiro atoms. The van der Waals surface area contributed by atoms with Gasteiger partial charge in [-0.25, -0.2) is 0 Å². The number of carbonyl (C=O) groups excluding carboxylic acids is 1. The van der Waals surface area contributed by atoms with Gasteiger partial charge in [-0.15, -0.1) is 10.2 Å². The number of hydrogen-bond donors (Lipinski definition) is 1. The first-order chi connectivity index (χ1) is 11.6. The highest BCUT2D eigenvalue weighted by atomic mass is 16.2. The standard InChI is InChI=1S/C18H25N5O/c1-13-7-9-14(10-8-13)17(22(2)3)18(24)19-12-16-21-20-15-6-4-5-11-23(15)16/h7-10,17H,4-6,11-12H2,1-3H3,(H,19,24)/t17-/m1/s1. The van der Waals surface area contributed by atoms with Crippen molar-refractivity contribution >= 4 is 5.91 Å². The lowest BCUT2D eigenvalue weighted by Crippen LogP contribution is -2.37. The van der Waals surface area contributed by atoms with Gasteiger partial charge in [-0.2, -0.15) is 0 Å². The fraction of sp³-hybridized carbons (Fsp3) is 0.500. The summed E-state index contributed by atoms with van der Waals surface area (Å²) in [6.07, 6.45) is 3.29. The van der Waals surface area contributed by atoms with Crippen LogP contribution in [-0.2, 0) is 24.3 Å². The summed E-state index contributed by atoms with van der Waals surface area (Å²) < 4.78 is 2.14. The highest BCUT2D eigenvalue weighted by Crippen LogP contribution is 2.19. The van der Waals surface area contributed by atoms with Crippen LogP contribution in [0.25, 0.3) is 0 Å². The lowest BCUT2D eigenvalue weighted by molar-refractivity contribution is -0.126. The highest BCUT2D eigenvalue weighted by Gasteiger charge is 2.23. The molecule has 3 rings (SSSR count). The first-order valence-corrected chi connectivity index (χ1v) is 8.48. The summed E-state index contributed by atoms with van der Waals surface area (Å²) in [6, 6.07) is 7.79. The minimum Gasteiger partial charge on any atom is -0.347 e. The number of fused-ring (bicyclic) bond motifs is 1. The summed E-state index contributed by atoms with van der Waals surface area (Å²) in [4.78, 5) is 14.7. The van der Waals surface area contributed by atoms with E-state index in [9.17, 15) is 4.79 Å². The molecule has 0 saturated heterocycles. The number of aromatic nitrogens is 3. The number of likely N-dealkylation sites (N-methyl/N-ethyl adjacent to an activating group) is 1. The van der Waals surface area contributed by atoms with Crippen LogP contribution in [0.2, 0.25) is 0 Å². The largest absolute Gasteiger partial charge is 0.347 e. The van der Waals surface area contributed by atoms with E-state index in [-0.39, 0.29) is 11.9 Å². The van der Waals surface area contributed by atoms with E-state index in [0.717, 1.165) is 36.6 Å². The molecule has 2 aromatic rings. The van der Waals surface area contributed by atoms with Gasteiger partial charge in [0.1, 0.15) is 11.9 Å². The van der Waals surface area contributed by atoms with Crippen molar-refractivity contribution in [2.75, 3.05) is 14.1 Å². The van der Waals surface area contributed by atoms with Gasteiger partial charge < -0.3 is 9.88 Å². The number of hydrogen-bond acceptors (Lipinski definition) is 4. The van der Waals surface area contributed by atoms with Crippen LogP contribution in [0.3, 0.4) is 0 Å². The van der Waals surface area contributed by atoms with Crippen LogP contribution >= 0.6 is 0 Å². The first kappa shape index (κ1) is 16.6. The van der Waals surface area contributed by atoms with Crippen molar-refractivity contribution in [1.29, 1.82) is 0 Å². The number of carbonyl (C=O) groups is 1. The van der Waals surface area contributed by atoms with Crippen LogP contribution in [0, 0.1) is 6.92 Å². The number of amides is 1. The Hall–Kier alpha value is -2.21. The maximum atomic E-state index is 12.7. The van der Waals surface area contributed by atoms with E-state index in [4.69, 9.17) is 0 Å². The predicted molar refractivity (Wildman–Crippen MR) is 92.4 cm³/mol. The van der Waals surface area contributed by atoms with Crippen LogP contribution in [0.1, 0.15) is 41.7 Å². The van der Waals surface area contributed by atoms with Crippen LogP contribution in [-0.4, -0.2) is 39.7 Å². The molecule has 1 aliphatic rings. The molecule has 1 aliphatic heterocycles. The van der Waals surface area contributed by atoms with Crippen LogP contribution in [0.5, 0.6) is 0 Å². The zero-order valence-corrected chi connectivity index (χ0v) is 14.6. The molecule has 0 aliphatic carbocycles. The van der Waals surface area contributed by atoms with E-state index in [1.165, 1.54) is 12.0 Å². The molecule has 0 saturated carbocycles. The molecular formula is C18H25N5O. The molecule has 2 heterocycles. The molecule has 1 N–H and O–H groups in total. The zero-order chi connectivity index (χ0) is 17.1. The van der Waals surface area contributed by atoms with Crippen molar-refractivity contribution in [3.63, 3.8) is 0 Å². The second-order valence-electron chi connectivity index (χ2n) is 6.64. The monoisotopic (exact) mass is 327 g/mol. The Bertz CT molecular complexity index is 705. The van der Waals surface area contributed by atoms with E-state index in [1.807, 2.05) is 50.2 Å². The Balaban J connectivity index is 1.70. The summed E-state index contributed by atoms with van der Waals surface area (Å²) in [7, 11) is 3.84. The molecular weight excluding hydrogens is 302 g/mol. The van der Waals surface area contributed by atoms with Crippen LogP contribution < -0.4 is 5.32 Å². The molecule has 1 aromatic heterocycles. The molecule has 128 valence electrons.